The van der Waals surface area contributed by atoms with Crippen LogP contribution in [-0.4, -0.2) is 49.6 Å². The Morgan fingerprint density at radius 2 is 1.75 bits per heavy atom. The molecule has 172 valence electrons. The lowest BCUT2D eigenvalue weighted by Gasteiger charge is -2.26. The Hall–Kier alpha value is -2.12. The molecule has 1 heterocycles. The smallest absolute Gasteiger partial charge is 0.225 e. The normalized spacial score (nSPS) is 14.2. The zero-order valence-electron chi connectivity index (χ0n) is 18.0. The number of morpholine rings is 1. The monoisotopic (exact) mass is 477 g/mol. The van der Waals surface area contributed by atoms with E-state index in [0.29, 0.717) is 29.4 Å². The maximum Gasteiger partial charge on any atom is 0.225 e. The molecule has 1 aliphatic rings. The zero-order chi connectivity index (χ0) is 22.8. The summed E-state index contributed by atoms with van der Waals surface area (Å²) in [5.41, 5.74) is 2.74. The van der Waals surface area contributed by atoms with Crippen molar-refractivity contribution in [3.8, 4) is 0 Å². The number of carbonyl (C=O) groups excluding carboxylic acids is 2. The molecule has 0 unspecified atom stereocenters. The molecule has 0 radical (unpaired) electrons. The molecule has 2 N–H and O–H groups in total. The van der Waals surface area contributed by atoms with E-state index in [1.165, 1.54) is 0 Å². The Kier molecular flexibility index (Phi) is 9.81. The van der Waals surface area contributed by atoms with Crippen molar-refractivity contribution in [3.63, 3.8) is 0 Å². The van der Waals surface area contributed by atoms with Crippen LogP contribution in [0.5, 0.6) is 0 Å². The molecule has 0 atom stereocenters. The lowest BCUT2D eigenvalue weighted by atomic mass is 10.1. The van der Waals surface area contributed by atoms with E-state index >= 15 is 0 Å². The van der Waals surface area contributed by atoms with Crippen molar-refractivity contribution < 1.29 is 14.3 Å². The second kappa shape index (κ2) is 12.8. The molecule has 0 saturated carbocycles. The van der Waals surface area contributed by atoms with E-state index in [1.807, 2.05) is 36.4 Å². The van der Waals surface area contributed by atoms with Crippen molar-refractivity contribution in [2.75, 3.05) is 38.2 Å². The first-order valence-electron chi connectivity index (χ1n) is 10.9. The lowest BCUT2D eigenvalue weighted by molar-refractivity contribution is -0.121. The molecule has 32 heavy (non-hydrogen) atoms. The predicted molar refractivity (Wildman–Crippen MR) is 128 cm³/mol. The van der Waals surface area contributed by atoms with Gasteiger partial charge in [-0.2, -0.15) is 0 Å². The van der Waals surface area contributed by atoms with Crippen LogP contribution in [0.2, 0.25) is 10.0 Å². The van der Waals surface area contributed by atoms with Gasteiger partial charge in [0.05, 0.1) is 23.3 Å². The maximum absolute atomic E-state index is 12.3. The van der Waals surface area contributed by atoms with E-state index < -0.39 is 0 Å². The molecule has 6 nitrogen and oxygen atoms in total. The van der Waals surface area contributed by atoms with Crippen molar-refractivity contribution in [3.05, 3.63) is 63.6 Å². The van der Waals surface area contributed by atoms with E-state index in [-0.39, 0.29) is 11.8 Å². The van der Waals surface area contributed by atoms with Gasteiger partial charge in [0, 0.05) is 44.7 Å². The summed E-state index contributed by atoms with van der Waals surface area (Å²) in [6.07, 6.45) is 2.36. The number of carbonyl (C=O) groups is 2. The second-order valence-electron chi connectivity index (χ2n) is 7.83. The van der Waals surface area contributed by atoms with Gasteiger partial charge in [0.25, 0.3) is 0 Å². The molecular formula is C24H29Cl2N3O3. The number of amides is 2. The molecule has 0 bridgehead atoms. The number of benzene rings is 2. The summed E-state index contributed by atoms with van der Waals surface area (Å²) >= 11 is 12.0. The highest BCUT2D eigenvalue weighted by Gasteiger charge is 2.12. The first-order chi connectivity index (χ1) is 15.5. The van der Waals surface area contributed by atoms with Crippen molar-refractivity contribution in [2.24, 2.45) is 0 Å². The molecule has 0 aromatic heterocycles. The maximum atomic E-state index is 12.3. The number of rotatable bonds is 10. The van der Waals surface area contributed by atoms with Gasteiger partial charge in [-0.15, -0.1) is 0 Å². The van der Waals surface area contributed by atoms with E-state index in [9.17, 15) is 9.59 Å². The molecule has 1 saturated heterocycles. The molecule has 1 fully saturated rings. The van der Waals surface area contributed by atoms with Crippen LogP contribution >= 0.6 is 23.2 Å². The summed E-state index contributed by atoms with van der Waals surface area (Å²) in [7, 11) is 0. The second-order valence-corrected chi connectivity index (χ2v) is 8.65. The van der Waals surface area contributed by atoms with Crippen molar-refractivity contribution in [2.45, 2.75) is 32.2 Å². The predicted octanol–water partition coefficient (Wildman–Crippen LogP) is 4.29. The third-order valence-corrected chi connectivity index (χ3v) is 6.05. The van der Waals surface area contributed by atoms with Gasteiger partial charge in [-0.3, -0.25) is 14.5 Å². The molecule has 3 rings (SSSR count). The fourth-order valence-corrected chi connectivity index (χ4v) is 3.82. The van der Waals surface area contributed by atoms with Gasteiger partial charge in [-0.05, 0) is 48.2 Å². The number of hydrogen-bond donors (Lipinski definition) is 2. The number of nitrogens with zero attached hydrogens (tertiary/aromatic N) is 1. The van der Waals surface area contributed by atoms with Crippen LogP contribution in [0.25, 0.3) is 0 Å². The minimum atomic E-state index is -0.0139. The van der Waals surface area contributed by atoms with Gasteiger partial charge in [0.1, 0.15) is 0 Å². The summed E-state index contributed by atoms with van der Waals surface area (Å²) in [6.45, 7) is 4.35. The summed E-state index contributed by atoms with van der Waals surface area (Å²) in [4.78, 5) is 26.7. The SMILES string of the molecule is O=C(CCCc1ccc(Cl)c(Cl)c1)NCc1cccc(NC(=O)CCN2CCOCC2)c1. The van der Waals surface area contributed by atoms with Crippen LogP contribution in [-0.2, 0) is 27.3 Å². The van der Waals surface area contributed by atoms with Crippen molar-refractivity contribution in [1.82, 2.24) is 10.2 Å². The van der Waals surface area contributed by atoms with Crippen molar-refractivity contribution >= 4 is 40.7 Å². The lowest BCUT2D eigenvalue weighted by Crippen LogP contribution is -2.38. The molecule has 2 aromatic carbocycles. The molecule has 8 heteroatoms. The van der Waals surface area contributed by atoms with Crippen molar-refractivity contribution in [1.29, 1.82) is 0 Å². The average molecular weight is 478 g/mol. The van der Waals surface area contributed by atoms with Crippen LogP contribution in [0.3, 0.4) is 0 Å². The highest BCUT2D eigenvalue weighted by atomic mass is 35.5. The van der Waals surface area contributed by atoms with Gasteiger partial charge < -0.3 is 15.4 Å². The van der Waals surface area contributed by atoms with Gasteiger partial charge in [-0.25, -0.2) is 0 Å². The van der Waals surface area contributed by atoms with E-state index in [1.54, 1.807) is 6.07 Å². The summed E-state index contributed by atoms with van der Waals surface area (Å²) in [5, 5.41) is 6.94. The summed E-state index contributed by atoms with van der Waals surface area (Å²) in [5.74, 6) is -0.0232. The van der Waals surface area contributed by atoms with Crippen LogP contribution in [0.15, 0.2) is 42.5 Å². The number of anilines is 1. The number of halogens is 2. The zero-order valence-corrected chi connectivity index (χ0v) is 19.6. The van der Waals surface area contributed by atoms with Gasteiger partial charge >= 0.3 is 0 Å². The minimum Gasteiger partial charge on any atom is -0.379 e. The molecule has 2 aromatic rings. The number of ether oxygens (including phenoxy) is 1. The van der Waals surface area contributed by atoms with Gasteiger partial charge in [-0.1, -0.05) is 41.4 Å². The third kappa shape index (κ3) is 8.43. The highest BCUT2D eigenvalue weighted by Crippen LogP contribution is 2.23. The first-order valence-corrected chi connectivity index (χ1v) is 11.6. The standard InChI is InChI=1S/C24H29Cl2N3O3/c25-21-8-7-18(16-22(21)26)3-2-6-23(30)27-17-19-4-1-5-20(15-19)28-24(31)9-10-29-11-13-32-14-12-29/h1,4-5,7-8,15-16H,2-3,6,9-14,17H2,(H,27,30)(H,28,31). The van der Waals surface area contributed by atoms with Crippen LogP contribution in [0.1, 0.15) is 30.4 Å². The Morgan fingerprint density at radius 3 is 2.53 bits per heavy atom. The van der Waals surface area contributed by atoms with Crippen LogP contribution in [0, 0.1) is 0 Å². The Balaban J connectivity index is 1.36. The Morgan fingerprint density at radius 1 is 0.938 bits per heavy atom. The Bertz CT molecular complexity index is 917. The van der Waals surface area contributed by atoms with Crippen LogP contribution in [0.4, 0.5) is 5.69 Å². The molecular weight excluding hydrogens is 449 g/mol. The van der Waals surface area contributed by atoms with Gasteiger partial charge in [0.15, 0.2) is 0 Å². The number of nitrogens with one attached hydrogen (secondary N) is 2. The largest absolute Gasteiger partial charge is 0.379 e. The average Bonchev–Trinajstić information content (AvgIpc) is 2.80. The topological polar surface area (TPSA) is 70.7 Å². The van der Waals surface area contributed by atoms with E-state index in [4.69, 9.17) is 27.9 Å². The number of hydrogen-bond acceptors (Lipinski definition) is 4. The minimum absolute atomic E-state index is 0.00925. The fourth-order valence-electron chi connectivity index (χ4n) is 3.50. The van der Waals surface area contributed by atoms with E-state index in [2.05, 4.69) is 15.5 Å². The quantitative estimate of drug-likeness (QED) is 0.535. The van der Waals surface area contributed by atoms with Crippen LogP contribution < -0.4 is 10.6 Å². The summed E-state index contributed by atoms with van der Waals surface area (Å²) in [6, 6.07) is 13.1. The van der Waals surface area contributed by atoms with Gasteiger partial charge in [0.2, 0.25) is 11.8 Å². The molecule has 0 aliphatic carbocycles. The molecule has 2 amide bonds. The highest BCUT2D eigenvalue weighted by molar-refractivity contribution is 6.42. The Labute approximate surface area is 199 Å². The molecule has 0 spiro atoms. The van der Waals surface area contributed by atoms with E-state index in [0.717, 1.165) is 62.5 Å². The molecule has 1 aliphatic heterocycles. The first kappa shape index (κ1) is 24.5. The fraction of sp³-hybridized carbons (Fsp3) is 0.417. The number of aryl methyl sites for hydroxylation is 1. The summed E-state index contributed by atoms with van der Waals surface area (Å²) < 4.78 is 5.32. The third-order valence-electron chi connectivity index (χ3n) is 5.31.